The maximum Gasteiger partial charge on any atom is 0.115 e. The summed E-state index contributed by atoms with van der Waals surface area (Å²) in [6, 6.07) is 8.02. The first kappa shape index (κ1) is 11.8. The minimum atomic E-state index is -0.480. The van der Waals surface area contributed by atoms with Crippen LogP contribution in [-0.2, 0) is 0 Å². The van der Waals surface area contributed by atoms with Crippen LogP contribution in [0.2, 0.25) is 0 Å². The molecule has 0 spiro atoms. The van der Waals surface area contributed by atoms with Crippen molar-refractivity contribution in [2.45, 2.75) is 39.2 Å². The molecule has 1 aromatic carbocycles. The van der Waals surface area contributed by atoms with Crippen LogP contribution in [-0.4, -0.2) is 11.2 Å². The molecule has 0 aliphatic carbocycles. The molecule has 0 heterocycles. The lowest BCUT2D eigenvalue weighted by molar-refractivity contribution is 0.218. The van der Waals surface area contributed by atoms with E-state index in [9.17, 15) is 5.11 Å². The standard InChI is InChI=1S/C14H18O/c1-3-4-5-14(15)11-10-13-8-6-12(2)7-9-13/h6-9,14-15H,3-5H2,1-2H3. The van der Waals surface area contributed by atoms with E-state index in [1.807, 2.05) is 31.2 Å². The molecule has 1 unspecified atom stereocenters. The number of hydrogen-bond donors (Lipinski definition) is 1. The van der Waals surface area contributed by atoms with Crippen molar-refractivity contribution in [1.82, 2.24) is 0 Å². The Bertz CT molecular complexity index is 340. The number of aryl methyl sites for hydroxylation is 1. The smallest absolute Gasteiger partial charge is 0.115 e. The molecule has 1 heteroatoms. The molecule has 15 heavy (non-hydrogen) atoms. The van der Waals surface area contributed by atoms with Crippen LogP contribution < -0.4 is 0 Å². The van der Waals surface area contributed by atoms with Gasteiger partial charge < -0.3 is 5.11 Å². The van der Waals surface area contributed by atoms with E-state index < -0.39 is 6.10 Å². The van der Waals surface area contributed by atoms with Gasteiger partial charge in [0.1, 0.15) is 6.10 Å². The van der Waals surface area contributed by atoms with E-state index >= 15 is 0 Å². The average Bonchev–Trinajstić information content (AvgIpc) is 2.25. The Hall–Kier alpha value is -1.26. The van der Waals surface area contributed by atoms with Gasteiger partial charge in [-0.2, -0.15) is 0 Å². The van der Waals surface area contributed by atoms with Gasteiger partial charge in [0.25, 0.3) is 0 Å². The fraction of sp³-hybridized carbons (Fsp3) is 0.429. The monoisotopic (exact) mass is 202 g/mol. The third-order valence-electron chi connectivity index (χ3n) is 2.27. The van der Waals surface area contributed by atoms with Crippen molar-refractivity contribution in [1.29, 1.82) is 0 Å². The third-order valence-corrected chi connectivity index (χ3v) is 2.27. The molecule has 1 rings (SSSR count). The zero-order valence-corrected chi connectivity index (χ0v) is 9.46. The highest BCUT2D eigenvalue weighted by atomic mass is 16.3. The molecule has 0 saturated carbocycles. The number of aliphatic hydroxyl groups excluding tert-OH is 1. The maximum absolute atomic E-state index is 9.52. The van der Waals surface area contributed by atoms with Gasteiger partial charge in [0.05, 0.1) is 0 Å². The van der Waals surface area contributed by atoms with Gasteiger partial charge in [0.2, 0.25) is 0 Å². The molecule has 0 bridgehead atoms. The summed E-state index contributed by atoms with van der Waals surface area (Å²) >= 11 is 0. The van der Waals surface area contributed by atoms with Gasteiger partial charge in [-0.1, -0.05) is 49.3 Å². The second-order valence-corrected chi connectivity index (χ2v) is 3.79. The number of unbranched alkanes of at least 4 members (excludes halogenated alkanes) is 1. The topological polar surface area (TPSA) is 20.2 Å². The van der Waals surface area contributed by atoms with Crippen LogP contribution in [0.15, 0.2) is 24.3 Å². The van der Waals surface area contributed by atoms with E-state index in [0.29, 0.717) is 0 Å². The van der Waals surface area contributed by atoms with Crippen molar-refractivity contribution in [2.75, 3.05) is 0 Å². The zero-order chi connectivity index (χ0) is 11.1. The summed E-state index contributed by atoms with van der Waals surface area (Å²) < 4.78 is 0. The summed E-state index contributed by atoms with van der Waals surface area (Å²) in [7, 11) is 0. The number of hydrogen-bond acceptors (Lipinski definition) is 1. The van der Waals surface area contributed by atoms with Gasteiger partial charge in [0, 0.05) is 5.56 Å². The van der Waals surface area contributed by atoms with Gasteiger partial charge in [-0.25, -0.2) is 0 Å². The van der Waals surface area contributed by atoms with Crippen LogP contribution in [0.1, 0.15) is 37.3 Å². The summed E-state index contributed by atoms with van der Waals surface area (Å²) in [5.74, 6) is 5.84. The van der Waals surface area contributed by atoms with Crippen molar-refractivity contribution >= 4 is 0 Å². The summed E-state index contributed by atoms with van der Waals surface area (Å²) in [4.78, 5) is 0. The summed E-state index contributed by atoms with van der Waals surface area (Å²) in [5.41, 5.74) is 2.20. The second kappa shape index (κ2) is 6.27. The van der Waals surface area contributed by atoms with Gasteiger partial charge in [-0.3, -0.25) is 0 Å². The quantitative estimate of drug-likeness (QED) is 0.747. The van der Waals surface area contributed by atoms with Crippen LogP contribution in [0.25, 0.3) is 0 Å². The molecule has 0 radical (unpaired) electrons. The average molecular weight is 202 g/mol. The molecule has 0 aliphatic rings. The van der Waals surface area contributed by atoms with E-state index in [1.165, 1.54) is 5.56 Å². The molecule has 1 aromatic rings. The van der Waals surface area contributed by atoms with E-state index in [2.05, 4.69) is 18.8 Å². The van der Waals surface area contributed by atoms with Crippen LogP contribution in [0.3, 0.4) is 0 Å². The van der Waals surface area contributed by atoms with E-state index in [4.69, 9.17) is 0 Å². The Kier molecular flexibility index (Phi) is 4.93. The lowest BCUT2D eigenvalue weighted by Gasteiger charge is -1.99. The molecule has 80 valence electrons. The summed E-state index contributed by atoms with van der Waals surface area (Å²) in [6.45, 7) is 4.16. The van der Waals surface area contributed by atoms with Crippen LogP contribution in [0.5, 0.6) is 0 Å². The number of rotatable bonds is 3. The van der Waals surface area contributed by atoms with E-state index in [-0.39, 0.29) is 0 Å². The minimum absolute atomic E-state index is 0.480. The first-order valence-electron chi connectivity index (χ1n) is 5.48. The normalized spacial score (nSPS) is 11.7. The lowest BCUT2D eigenvalue weighted by Crippen LogP contribution is -2.01. The van der Waals surface area contributed by atoms with Gasteiger partial charge >= 0.3 is 0 Å². The zero-order valence-electron chi connectivity index (χ0n) is 9.46. The van der Waals surface area contributed by atoms with Crippen molar-refractivity contribution < 1.29 is 5.11 Å². The molecule has 0 aliphatic heterocycles. The van der Waals surface area contributed by atoms with E-state index in [1.54, 1.807) is 0 Å². The van der Waals surface area contributed by atoms with Gasteiger partial charge in [-0.15, -0.1) is 0 Å². The molecular weight excluding hydrogens is 184 g/mol. The Morgan fingerprint density at radius 3 is 2.53 bits per heavy atom. The third kappa shape index (κ3) is 4.67. The Morgan fingerprint density at radius 2 is 1.93 bits per heavy atom. The van der Waals surface area contributed by atoms with Crippen molar-refractivity contribution in [3.63, 3.8) is 0 Å². The fourth-order valence-electron chi connectivity index (χ4n) is 1.27. The van der Waals surface area contributed by atoms with Crippen LogP contribution in [0.4, 0.5) is 0 Å². The largest absolute Gasteiger partial charge is 0.380 e. The fourth-order valence-corrected chi connectivity index (χ4v) is 1.27. The SMILES string of the molecule is CCCCC(O)C#Cc1ccc(C)cc1. The number of benzene rings is 1. The Balaban J connectivity index is 2.53. The maximum atomic E-state index is 9.52. The van der Waals surface area contributed by atoms with Crippen molar-refractivity contribution in [3.05, 3.63) is 35.4 Å². The molecule has 1 N–H and O–H groups in total. The summed E-state index contributed by atoms with van der Waals surface area (Å²) in [6.07, 6.45) is 2.42. The highest BCUT2D eigenvalue weighted by Gasteiger charge is 1.96. The molecule has 1 atom stereocenters. The van der Waals surface area contributed by atoms with Crippen LogP contribution in [0, 0.1) is 18.8 Å². The van der Waals surface area contributed by atoms with E-state index in [0.717, 1.165) is 24.8 Å². The number of aliphatic hydroxyl groups is 1. The molecule has 0 amide bonds. The predicted octanol–water partition coefficient (Wildman–Crippen LogP) is 2.90. The van der Waals surface area contributed by atoms with Gasteiger partial charge in [-0.05, 0) is 25.5 Å². The highest BCUT2D eigenvalue weighted by Crippen LogP contribution is 2.02. The minimum Gasteiger partial charge on any atom is -0.380 e. The molecule has 0 fully saturated rings. The highest BCUT2D eigenvalue weighted by molar-refractivity contribution is 5.36. The van der Waals surface area contributed by atoms with Crippen molar-refractivity contribution in [3.8, 4) is 11.8 Å². The summed E-state index contributed by atoms with van der Waals surface area (Å²) in [5, 5.41) is 9.52. The Morgan fingerprint density at radius 1 is 1.27 bits per heavy atom. The Labute approximate surface area is 92.1 Å². The van der Waals surface area contributed by atoms with Gasteiger partial charge in [0.15, 0.2) is 0 Å². The molecule has 0 aromatic heterocycles. The second-order valence-electron chi connectivity index (χ2n) is 3.79. The molecule has 0 saturated heterocycles. The predicted molar refractivity (Wildman–Crippen MR) is 63.6 cm³/mol. The lowest BCUT2D eigenvalue weighted by atomic mass is 10.1. The van der Waals surface area contributed by atoms with Crippen molar-refractivity contribution in [2.24, 2.45) is 0 Å². The molecular formula is C14H18O. The molecule has 1 nitrogen and oxygen atoms in total. The first-order valence-corrected chi connectivity index (χ1v) is 5.48. The first-order chi connectivity index (χ1) is 7.22. The van der Waals surface area contributed by atoms with Crippen LogP contribution >= 0.6 is 0 Å².